The molecule has 1 aromatic carbocycles. The van der Waals surface area contributed by atoms with Gasteiger partial charge < -0.3 is 10.6 Å². The molecular formula is C20H32N3O3S+. The summed E-state index contributed by atoms with van der Waals surface area (Å²) in [6, 6.07) is 7.10. The van der Waals surface area contributed by atoms with Gasteiger partial charge in [-0.05, 0) is 68.7 Å². The summed E-state index contributed by atoms with van der Waals surface area (Å²) in [6.07, 6.45) is 8.02. The Kier molecular flexibility index (Phi) is 6.89. The third-order valence-electron chi connectivity index (χ3n) is 5.80. The van der Waals surface area contributed by atoms with Crippen LogP contribution in [0.25, 0.3) is 0 Å². The molecule has 27 heavy (non-hydrogen) atoms. The summed E-state index contributed by atoms with van der Waals surface area (Å²) in [4.78, 5) is 12.4. The molecule has 1 heterocycles. The van der Waals surface area contributed by atoms with Crippen LogP contribution >= 0.6 is 0 Å². The molecule has 1 aliphatic carbocycles. The predicted octanol–water partition coefficient (Wildman–Crippen LogP) is 1.94. The van der Waals surface area contributed by atoms with Crippen LogP contribution in [0.2, 0.25) is 0 Å². The SMILES string of the molecule is CC1CCN(S(=O)(=O)c2ccc(NC(=O)C[NH2+]C3CCCCC3)cc2)CC1. The van der Waals surface area contributed by atoms with Crippen molar-refractivity contribution < 1.29 is 18.5 Å². The Hall–Kier alpha value is -1.44. The maximum atomic E-state index is 12.7. The van der Waals surface area contributed by atoms with Crippen LogP contribution in [-0.2, 0) is 14.8 Å². The molecule has 7 heteroatoms. The summed E-state index contributed by atoms with van der Waals surface area (Å²) in [6.45, 7) is 3.74. The van der Waals surface area contributed by atoms with Crippen molar-refractivity contribution in [2.24, 2.45) is 5.92 Å². The number of nitrogens with two attached hydrogens (primary N) is 1. The Morgan fingerprint density at radius 1 is 1.07 bits per heavy atom. The van der Waals surface area contributed by atoms with Crippen LogP contribution in [0.3, 0.4) is 0 Å². The number of benzene rings is 1. The monoisotopic (exact) mass is 394 g/mol. The molecule has 0 aromatic heterocycles. The minimum atomic E-state index is -3.44. The smallest absolute Gasteiger partial charge is 0.279 e. The highest BCUT2D eigenvalue weighted by Gasteiger charge is 2.28. The number of piperidine rings is 1. The number of anilines is 1. The molecule has 0 spiro atoms. The molecule has 0 atom stereocenters. The number of quaternary nitrogens is 1. The summed E-state index contributed by atoms with van der Waals surface area (Å²) in [5.74, 6) is 0.542. The lowest BCUT2D eigenvalue weighted by Gasteiger charge is -2.29. The molecule has 3 rings (SSSR count). The van der Waals surface area contributed by atoms with E-state index in [-0.39, 0.29) is 5.91 Å². The number of sulfonamides is 1. The summed E-state index contributed by atoms with van der Waals surface area (Å²) in [5, 5.41) is 5.00. The molecule has 1 saturated carbocycles. The van der Waals surface area contributed by atoms with Crippen LogP contribution in [0.4, 0.5) is 5.69 Å². The van der Waals surface area contributed by atoms with Gasteiger partial charge in [0.2, 0.25) is 10.0 Å². The Bertz CT molecular complexity index is 719. The van der Waals surface area contributed by atoms with Crippen molar-refractivity contribution in [1.82, 2.24) is 4.31 Å². The lowest BCUT2D eigenvalue weighted by Crippen LogP contribution is -2.91. The first-order valence-electron chi connectivity index (χ1n) is 10.2. The molecule has 0 unspecified atom stereocenters. The van der Waals surface area contributed by atoms with E-state index in [0.29, 0.717) is 42.2 Å². The van der Waals surface area contributed by atoms with Gasteiger partial charge in [-0.25, -0.2) is 8.42 Å². The highest BCUT2D eigenvalue weighted by Crippen LogP contribution is 2.24. The number of carbonyl (C=O) groups is 1. The Morgan fingerprint density at radius 2 is 1.70 bits per heavy atom. The topological polar surface area (TPSA) is 83.1 Å². The quantitative estimate of drug-likeness (QED) is 0.773. The summed E-state index contributed by atoms with van der Waals surface area (Å²) >= 11 is 0. The van der Waals surface area contributed by atoms with E-state index in [1.165, 1.54) is 32.1 Å². The molecule has 3 N–H and O–H groups in total. The second-order valence-corrected chi connectivity index (χ2v) is 9.94. The maximum absolute atomic E-state index is 12.7. The van der Waals surface area contributed by atoms with Gasteiger partial charge in [0, 0.05) is 18.8 Å². The van der Waals surface area contributed by atoms with Gasteiger partial charge in [0.1, 0.15) is 0 Å². The molecule has 2 aliphatic rings. The van der Waals surface area contributed by atoms with Gasteiger partial charge in [-0.2, -0.15) is 4.31 Å². The van der Waals surface area contributed by atoms with Crippen molar-refractivity contribution in [2.75, 3.05) is 25.0 Å². The second-order valence-electron chi connectivity index (χ2n) is 8.00. The first kappa shape index (κ1) is 20.3. The Labute approximate surface area is 162 Å². The van der Waals surface area contributed by atoms with Crippen LogP contribution in [0.15, 0.2) is 29.2 Å². The molecule has 0 bridgehead atoms. The molecule has 150 valence electrons. The van der Waals surface area contributed by atoms with Crippen molar-refractivity contribution in [2.45, 2.75) is 62.8 Å². The van der Waals surface area contributed by atoms with E-state index in [0.717, 1.165) is 12.8 Å². The van der Waals surface area contributed by atoms with Gasteiger partial charge in [0.05, 0.1) is 10.9 Å². The fraction of sp³-hybridized carbons (Fsp3) is 0.650. The minimum absolute atomic E-state index is 0.0406. The van der Waals surface area contributed by atoms with E-state index in [4.69, 9.17) is 0 Å². The second kappa shape index (κ2) is 9.17. The highest BCUT2D eigenvalue weighted by molar-refractivity contribution is 7.89. The lowest BCUT2D eigenvalue weighted by molar-refractivity contribution is -0.681. The Balaban J connectivity index is 1.52. The van der Waals surface area contributed by atoms with Crippen LogP contribution in [0.5, 0.6) is 0 Å². The predicted molar refractivity (Wildman–Crippen MR) is 106 cm³/mol. The first-order chi connectivity index (χ1) is 12.9. The van der Waals surface area contributed by atoms with Crippen molar-refractivity contribution in [3.05, 3.63) is 24.3 Å². The fourth-order valence-corrected chi connectivity index (χ4v) is 5.41. The standard InChI is InChI=1S/C20H31N3O3S/c1-16-11-13-23(14-12-16)27(25,26)19-9-7-18(8-10-19)22-20(24)15-21-17-5-3-2-4-6-17/h7-10,16-17,21H,2-6,11-15H2,1H3,(H,22,24)/p+1. The van der Waals surface area contributed by atoms with Gasteiger partial charge >= 0.3 is 0 Å². The van der Waals surface area contributed by atoms with Crippen molar-refractivity contribution in [3.8, 4) is 0 Å². The molecular weight excluding hydrogens is 362 g/mol. The van der Waals surface area contributed by atoms with Crippen LogP contribution < -0.4 is 10.6 Å². The van der Waals surface area contributed by atoms with Gasteiger partial charge in [0.15, 0.2) is 6.54 Å². The van der Waals surface area contributed by atoms with Crippen molar-refractivity contribution >= 4 is 21.6 Å². The number of nitrogens with zero attached hydrogens (tertiary/aromatic N) is 1. The lowest BCUT2D eigenvalue weighted by atomic mass is 9.95. The van der Waals surface area contributed by atoms with E-state index in [9.17, 15) is 13.2 Å². The van der Waals surface area contributed by atoms with Crippen molar-refractivity contribution in [1.29, 1.82) is 0 Å². The fourth-order valence-electron chi connectivity index (χ4n) is 3.94. The van der Waals surface area contributed by atoms with Gasteiger partial charge in [-0.1, -0.05) is 13.3 Å². The number of carbonyl (C=O) groups excluding carboxylic acids is 1. The largest absolute Gasteiger partial charge is 0.336 e. The molecule has 1 aliphatic heterocycles. The van der Waals surface area contributed by atoms with Gasteiger partial charge in [-0.15, -0.1) is 0 Å². The molecule has 2 fully saturated rings. The molecule has 1 amide bonds. The van der Waals surface area contributed by atoms with Gasteiger partial charge in [-0.3, -0.25) is 4.79 Å². The minimum Gasteiger partial charge on any atom is -0.336 e. The third kappa shape index (κ3) is 5.53. The maximum Gasteiger partial charge on any atom is 0.279 e. The van der Waals surface area contributed by atoms with Crippen LogP contribution in [0.1, 0.15) is 51.9 Å². The number of nitrogens with one attached hydrogen (secondary N) is 1. The average Bonchev–Trinajstić information content (AvgIpc) is 2.68. The average molecular weight is 395 g/mol. The first-order valence-corrected chi connectivity index (χ1v) is 11.6. The highest BCUT2D eigenvalue weighted by atomic mass is 32.2. The van der Waals surface area contributed by atoms with Crippen molar-refractivity contribution in [3.63, 3.8) is 0 Å². The summed E-state index contributed by atoms with van der Waals surface area (Å²) in [7, 11) is -3.44. The molecule has 0 radical (unpaired) electrons. The molecule has 6 nitrogen and oxygen atoms in total. The van der Waals surface area contributed by atoms with Gasteiger partial charge in [0.25, 0.3) is 5.91 Å². The number of hydrogen-bond acceptors (Lipinski definition) is 3. The zero-order chi connectivity index (χ0) is 19.3. The zero-order valence-electron chi connectivity index (χ0n) is 16.2. The summed E-state index contributed by atoms with van der Waals surface area (Å²) in [5.41, 5.74) is 0.642. The zero-order valence-corrected chi connectivity index (χ0v) is 17.0. The third-order valence-corrected chi connectivity index (χ3v) is 7.72. The van der Waals surface area contributed by atoms with E-state index in [1.54, 1.807) is 28.6 Å². The van der Waals surface area contributed by atoms with Crippen LogP contribution in [0, 0.1) is 5.92 Å². The van der Waals surface area contributed by atoms with E-state index < -0.39 is 10.0 Å². The number of amides is 1. The Morgan fingerprint density at radius 3 is 2.33 bits per heavy atom. The molecule has 1 aromatic rings. The summed E-state index contributed by atoms with van der Waals surface area (Å²) < 4.78 is 27.0. The van der Waals surface area contributed by atoms with E-state index in [2.05, 4.69) is 17.6 Å². The van der Waals surface area contributed by atoms with E-state index >= 15 is 0 Å². The van der Waals surface area contributed by atoms with Crippen LogP contribution in [-0.4, -0.2) is 44.3 Å². The number of rotatable bonds is 6. The normalized spacial score (nSPS) is 20.5. The van der Waals surface area contributed by atoms with E-state index in [1.807, 2.05) is 0 Å². The number of hydrogen-bond donors (Lipinski definition) is 2. The molecule has 1 saturated heterocycles.